The van der Waals surface area contributed by atoms with Gasteiger partial charge in [0, 0.05) is 32.6 Å². The molecule has 0 aliphatic carbocycles. The molecule has 9 heteroatoms. The van der Waals surface area contributed by atoms with Gasteiger partial charge in [0.05, 0.1) is 17.5 Å². The summed E-state index contributed by atoms with van der Waals surface area (Å²) in [6.07, 6.45) is -0.507. The third kappa shape index (κ3) is 3.74. The number of carbonyl (C=O) groups excluding carboxylic acids is 1. The molecule has 3 rings (SSSR count). The van der Waals surface area contributed by atoms with E-state index in [-0.39, 0.29) is 37.0 Å². The summed E-state index contributed by atoms with van der Waals surface area (Å²) in [6, 6.07) is 4.38. The molecule has 2 fully saturated rings. The molecule has 2 aliphatic rings. The molecule has 144 valence electrons. The number of carbonyl (C=O) groups is 1. The third-order valence-corrected chi connectivity index (χ3v) is 6.96. The van der Waals surface area contributed by atoms with E-state index in [9.17, 15) is 22.0 Å². The normalized spacial score (nSPS) is 24.0. The van der Waals surface area contributed by atoms with Crippen LogP contribution in [0.1, 0.15) is 17.5 Å². The van der Waals surface area contributed by atoms with Crippen molar-refractivity contribution in [1.29, 1.82) is 0 Å². The van der Waals surface area contributed by atoms with Gasteiger partial charge >= 0.3 is 0 Å². The Morgan fingerprint density at radius 1 is 1.19 bits per heavy atom. The molecule has 2 saturated heterocycles. The van der Waals surface area contributed by atoms with Gasteiger partial charge in [-0.15, -0.1) is 0 Å². The molecular formula is C17H23F2N3O3S. The number of piperazine rings is 1. The quantitative estimate of drug-likeness (QED) is 0.844. The number of hydrogen-bond acceptors (Lipinski definition) is 4. The van der Waals surface area contributed by atoms with Gasteiger partial charge in [-0.2, -0.15) is 4.31 Å². The zero-order valence-electron chi connectivity index (χ0n) is 14.8. The first-order valence-corrected chi connectivity index (χ1v) is 10.0. The lowest BCUT2D eigenvalue weighted by molar-refractivity contribution is -0.134. The van der Waals surface area contributed by atoms with Gasteiger partial charge in [0.2, 0.25) is 15.9 Å². The lowest BCUT2D eigenvalue weighted by Gasteiger charge is -2.35. The minimum absolute atomic E-state index is 0.157. The molecule has 2 aliphatic heterocycles. The summed E-state index contributed by atoms with van der Waals surface area (Å²) in [5.41, 5.74) is 1.53. The molecule has 1 amide bonds. The molecule has 0 saturated carbocycles. The van der Waals surface area contributed by atoms with Gasteiger partial charge in [-0.25, -0.2) is 17.2 Å². The molecule has 0 bridgehead atoms. The average molecular weight is 387 g/mol. The molecular weight excluding hydrogens is 364 g/mol. The molecule has 0 radical (unpaired) electrons. The number of halogens is 2. The van der Waals surface area contributed by atoms with E-state index in [2.05, 4.69) is 5.32 Å². The lowest BCUT2D eigenvalue weighted by Crippen LogP contribution is -2.54. The number of aryl methyl sites for hydroxylation is 2. The first kappa shape index (κ1) is 19.2. The SMILES string of the molecule is Cc1ccc(C)c(S(=O)(=O)N2CCN(C(=O)C3CC(F)(F)CN3)CC2)c1. The Hall–Kier alpha value is -1.58. The van der Waals surface area contributed by atoms with Crippen molar-refractivity contribution in [2.45, 2.75) is 37.1 Å². The summed E-state index contributed by atoms with van der Waals surface area (Å²) in [6.45, 7) is 3.80. The zero-order chi connectivity index (χ0) is 19.1. The van der Waals surface area contributed by atoms with Crippen molar-refractivity contribution >= 4 is 15.9 Å². The maximum absolute atomic E-state index is 13.3. The fraction of sp³-hybridized carbons (Fsp3) is 0.588. The second-order valence-corrected chi connectivity index (χ2v) is 8.90. The van der Waals surface area contributed by atoms with Crippen LogP contribution in [-0.4, -0.2) is 68.2 Å². The van der Waals surface area contributed by atoms with Gasteiger partial charge in [0.1, 0.15) is 0 Å². The van der Waals surface area contributed by atoms with Crippen LogP contribution in [0.4, 0.5) is 8.78 Å². The topological polar surface area (TPSA) is 69.7 Å². The van der Waals surface area contributed by atoms with E-state index in [0.29, 0.717) is 5.56 Å². The van der Waals surface area contributed by atoms with Gasteiger partial charge in [0.15, 0.2) is 0 Å². The monoisotopic (exact) mass is 387 g/mol. The molecule has 1 atom stereocenters. The van der Waals surface area contributed by atoms with Gasteiger partial charge in [-0.1, -0.05) is 12.1 Å². The number of nitrogens with zero attached hydrogens (tertiary/aromatic N) is 2. The summed E-state index contributed by atoms with van der Waals surface area (Å²) < 4.78 is 53.7. The summed E-state index contributed by atoms with van der Waals surface area (Å²) in [5, 5.41) is 2.55. The molecule has 1 aromatic rings. The molecule has 2 heterocycles. The smallest absolute Gasteiger partial charge is 0.262 e. The maximum Gasteiger partial charge on any atom is 0.262 e. The van der Waals surface area contributed by atoms with Crippen molar-refractivity contribution in [3.8, 4) is 0 Å². The minimum Gasteiger partial charge on any atom is -0.339 e. The van der Waals surface area contributed by atoms with E-state index in [4.69, 9.17) is 0 Å². The highest BCUT2D eigenvalue weighted by molar-refractivity contribution is 7.89. The molecule has 0 aromatic heterocycles. The lowest BCUT2D eigenvalue weighted by atomic mass is 10.1. The van der Waals surface area contributed by atoms with E-state index in [1.807, 2.05) is 13.0 Å². The summed E-state index contributed by atoms with van der Waals surface area (Å²) >= 11 is 0. The van der Waals surface area contributed by atoms with E-state index in [0.717, 1.165) is 5.56 Å². The van der Waals surface area contributed by atoms with Crippen LogP contribution in [0.15, 0.2) is 23.1 Å². The van der Waals surface area contributed by atoms with Crippen LogP contribution in [0.25, 0.3) is 0 Å². The van der Waals surface area contributed by atoms with Crippen molar-refractivity contribution in [3.05, 3.63) is 29.3 Å². The number of rotatable bonds is 3. The minimum atomic E-state index is -3.64. The van der Waals surface area contributed by atoms with Crippen molar-refractivity contribution in [2.75, 3.05) is 32.7 Å². The first-order chi connectivity index (χ1) is 12.1. The molecule has 1 aromatic carbocycles. The Morgan fingerprint density at radius 3 is 2.42 bits per heavy atom. The molecule has 26 heavy (non-hydrogen) atoms. The van der Waals surface area contributed by atoms with Gasteiger partial charge in [-0.05, 0) is 31.0 Å². The van der Waals surface area contributed by atoms with Gasteiger partial charge in [-0.3, -0.25) is 10.1 Å². The standard InChI is InChI=1S/C17H23F2N3O3S/c1-12-3-4-13(2)15(9-12)26(24,25)22-7-5-21(6-8-22)16(23)14-10-17(18,19)11-20-14/h3-4,9,14,20H,5-8,10-11H2,1-2H3. The highest BCUT2D eigenvalue weighted by Crippen LogP contribution is 2.27. The summed E-state index contributed by atoms with van der Waals surface area (Å²) in [5.74, 6) is -3.25. The van der Waals surface area contributed by atoms with Crippen LogP contribution in [-0.2, 0) is 14.8 Å². The number of hydrogen-bond donors (Lipinski definition) is 1. The molecule has 0 spiro atoms. The van der Waals surface area contributed by atoms with Crippen LogP contribution >= 0.6 is 0 Å². The van der Waals surface area contributed by atoms with Crippen molar-refractivity contribution < 1.29 is 22.0 Å². The third-order valence-electron chi connectivity index (χ3n) is 4.92. The Bertz CT molecular complexity index is 805. The highest BCUT2D eigenvalue weighted by Gasteiger charge is 2.44. The van der Waals surface area contributed by atoms with Crippen molar-refractivity contribution in [1.82, 2.24) is 14.5 Å². The second kappa shape index (κ2) is 6.86. The number of alkyl halides is 2. The van der Waals surface area contributed by atoms with Crippen LogP contribution < -0.4 is 5.32 Å². The van der Waals surface area contributed by atoms with E-state index in [1.165, 1.54) is 9.21 Å². The number of sulfonamides is 1. The number of benzene rings is 1. The second-order valence-electron chi connectivity index (χ2n) is 6.99. The number of nitrogens with one attached hydrogen (secondary N) is 1. The van der Waals surface area contributed by atoms with Gasteiger partial charge < -0.3 is 4.90 Å². The zero-order valence-corrected chi connectivity index (χ0v) is 15.7. The van der Waals surface area contributed by atoms with Crippen LogP contribution in [0, 0.1) is 13.8 Å². The first-order valence-electron chi connectivity index (χ1n) is 8.57. The molecule has 6 nitrogen and oxygen atoms in total. The highest BCUT2D eigenvalue weighted by atomic mass is 32.2. The Morgan fingerprint density at radius 2 is 1.85 bits per heavy atom. The van der Waals surface area contributed by atoms with Crippen LogP contribution in [0.2, 0.25) is 0 Å². The maximum atomic E-state index is 13.3. The molecule has 1 unspecified atom stereocenters. The average Bonchev–Trinajstić information content (AvgIpc) is 2.96. The van der Waals surface area contributed by atoms with Crippen molar-refractivity contribution in [3.63, 3.8) is 0 Å². The summed E-state index contributed by atoms with van der Waals surface area (Å²) in [4.78, 5) is 14.1. The molecule has 1 N–H and O–H groups in total. The van der Waals surface area contributed by atoms with E-state index < -0.39 is 35.0 Å². The Balaban J connectivity index is 1.66. The largest absolute Gasteiger partial charge is 0.339 e. The summed E-state index contributed by atoms with van der Waals surface area (Å²) in [7, 11) is -3.64. The fourth-order valence-corrected chi connectivity index (χ4v) is 5.12. The Kier molecular flexibility index (Phi) is 5.06. The van der Waals surface area contributed by atoms with Crippen LogP contribution in [0.5, 0.6) is 0 Å². The van der Waals surface area contributed by atoms with Gasteiger partial charge in [0.25, 0.3) is 5.92 Å². The fourth-order valence-electron chi connectivity index (χ4n) is 3.38. The Labute approximate surface area is 152 Å². The van der Waals surface area contributed by atoms with Crippen LogP contribution in [0.3, 0.4) is 0 Å². The number of amides is 1. The van der Waals surface area contributed by atoms with E-state index in [1.54, 1.807) is 19.1 Å². The predicted octanol–water partition coefficient (Wildman–Crippen LogP) is 1.13. The predicted molar refractivity (Wildman–Crippen MR) is 92.6 cm³/mol. The van der Waals surface area contributed by atoms with Crippen molar-refractivity contribution in [2.24, 2.45) is 0 Å². The van der Waals surface area contributed by atoms with E-state index >= 15 is 0 Å².